The van der Waals surface area contributed by atoms with E-state index in [0.717, 1.165) is 6.66 Å². The minimum atomic E-state index is -3.82. The number of carboxylic acid groups (broad SMARTS) is 4. The van der Waals surface area contributed by atoms with Crippen LogP contribution < -0.4 is 0 Å². The van der Waals surface area contributed by atoms with Gasteiger partial charge in [-0.05, 0) is 12.3 Å². The summed E-state index contributed by atoms with van der Waals surface area (Å²) in [6.07, 6.45) is -0.330. The molecule has 0 aromatic rings. The first-order valence-corrected chi connectivity index (χ1v) is 14.5. The Labute approximate surface area is 228 Å². The summed E-state index contributed by atoms with van der Waals surface area (Å²) in [5.74, 6) is -4.08. The maximum absolute atomic E-state index is 12.5. The average molecular weight is 587 g/mol. The van der Waals surface area contributed by atoms with Gasteiger partial charge < -0.3 is 24.9 Å². The van der Waals surface area contributed by atoms with E-state index in [1.165, 1.54) is 0 Å². The molecule has 1 fully saturated rings. The van der Waals surface area contributed by atoms with Gasteiger partial charge in [0.15, 0.2) is 0 Å². The molecular formula is C23H44FN4O10P. The number of hydrogen-bond acceptors (Lipinski definition) is 10. The lowest BCUT2D eigenvalue weighted by Crippen LogP contribution is -2.49. The van der Waals surface area contributed by atoms with Gasteiger partial charge in [-0.2, -0.15) is 4.20 Å². The van der Waals surface area contributed by atoms with E-state index in [2.05, 4.69) is 0 Å². The molecule has 228 valence electrons. The summed E-state index contributed by atoms with van der Waals surface area (Å²) < 4.78 is 27.8. The fourth-order valence-corrected chi connectivity index (χ4v) is 4.30. The third kappa shape index (κ3) is 20.4. The van der Waals surface area contributed by atoms with Crippen molar-refractivity contribution >= 4 is 31.6 Å². The third-order valence-electron chi connectivity index (χ3n) is 5.93. The molecule has 0 bridgehead atoms. The molecule has 1 aliphatic rings. The summed E-state index contributed by atoms with van der Waals surface area (Å²) in [5.41, 5.74) is -0.169. The van der Waals surface area contributed by atoms with Crippen LogP contribution in [0.2, 0.25) is 0 Å². The van der Waals surface area contributed by atoms with Crippen LogP contribution in [0.1, 0.15) is 27.7 Å². The Morgan fingerprint density at radius 3 is 1.00 bits per heavy atom. The maximum Gasteiger partial charge on any atom is 0.364 e. The monoisotopic (exact) mass is 586 g/mol. The number of aliphatic carboxylic acids is 4. The zero-order valence-corrected chi connectivity index (χ0v) is 24.3. The van der Waals surface area contributed by atoms with Crippen molar-refractivity contribution in [1.82, 2.24) is 19.6 Å². The van der Waals surface area contributed by atoms with Gasteiger partial charge in [0.1, 0.15) is 0 Å². The number of carbonyl (C=O) groups is 4. The Balaban J connectivity index is 0.00000110. The minimum absolute atomic E-state index is 0.169. The van der Waals surface area contributed by atoms with Crippen LogP contribution in [0.15, 0.2) is 0 Å². The molecule has 0 amide bonds. The molecule has 0 spiro atoms. The highest BCUT2D eigenvalue weighted by molar-refractivity contribution is 7.52. The van der Waals surface area contributed by atoms with Crippen molar-refractivity contribution < 1.29 is 52.9 Å². The van der Waals surface area contributed by atoms with E-state index < -0.39 is 31.6 Å². The fraction of sp³-hybridized carbons (Fsp3) is 0.826. The van der Waals surface area contributed by atoms with E-state index in [9.17, 15) is 27.9 Å². The topological polar surface area (TPSA) is 188 Å². The van der Waals surface area contributed by atoms with E-state index in [4.69, 9.17) is 24.9 Å². The van der Waals surface area contributed by atoms with Crippen LogP contribution in [0.5, 0.6) is 0 Å². The highest BCUT2D eigenvalue weighted by atomic mass is 31.2. The van der Waals surface area contributed by atoms with Crippen LogP contribution in [-0.4, -0.2) is 155 Å². The van der Waals surface area contributed by atoms with Crippen molar-refractivity contribution in [3.63, 3.8) is 0 Å². The first kappa shape index (κ1) is 36.8. The first-order chi connectivity index (χ1) is 17.8. The minimum Gasteiger partial charge on any atom is -0.480 e. The zero-order chi connectivity index (χ0) is 30.4. The van der Waals surface area contributed by atoms with E-state index in [0.29, 0.717) is 52.4 Å². The van der Waals surface area contributed by atoms with Crippen molar-refractivity contribution in [3.8, 4) is 0 Å². The van der Waals surface area contributed by atoms with Gasteiger partial charge in [0.2, 0.25) is 0 Å². The van der Waals surface area contributed by atoms with Crippen LogP contribution in [0.3, 0.4) is 0 Å². The lowest BCUT2D eigenvalue weighted by Gasteiger charge is -2.32. The van der Waals surface area contributed by atoms with Crippen molar-refractivity contribution in [1.29, 1.82) is 0 Å². The molecular weight excluding hydrogens is 542 g/mol. The summed E-state index contributed by atoms with van der Waals surface area (Å²) in [6.45, 7) is 9.95. The van der Waals surface area contributed by atoms with Gasteiger partial charge in [0.25, 0.3) is 0 Å². The summed E-state index contributed by atoms with van der Waals surface area (Å²) in [5, 5.41) is 36.3. The Morgan fingerprint density at radius 2 is 0.897 bits per heavy atom. The van der Waals surface area contributed by atoms with Crippen LogP contribution in [0.25, 0.3) is 0 Å². The van der Waals surface area contributed by atoms with Crippen molar-refractivity contribution in [3.05, 3.63) is 0 Å². The average Bonchev–Trinajstić information content (AvgIpc) is 2.73. The van der Waals surface area contributed by atoms with E-state index >= 15 is 0 Å². The van der Waals surface area contributed by atoms with E-state index in [1.54, 1.807) is 26.5 Å². The Kier molecular flexibility index (Phi) is 16.5. The molecule has 1 heterocycles. The number of rotatable bonds is 10. The summed E-state index contributed by atoms with van der Waals surface area (Å²) in [4.78, 5) is 50.9. The van der Waals surface area contributed by atoms with Gasteiger partial charge in [-0.15, -0.1) is 0 Å². The predicted molar refractivity (Wildman–Crippen MR) is 141 cm³/mol. The third-order valence-corrected chi connectivity index (χ3v) is 6.62. The molecule has 1 aliphatic heterocycles. The van der Waals surface area contributed by atoms with Crippen molar-refractivity contribution in [2.24, 2.45) is 5.41 Å². The molecule has 39 heavy (non-hydrogen) atoms. The molecule has 2 atom stereocenters. The Bertz CT molecular complexity index is 739. The van der Waals surface area contributed by atoms with Crippen LogP contribution in [0, 0.1) is 5.41 Å². The van der Waals surface area contributed by atoms with Gasteiger partial charge in [0, 0.05) is 59.0 Å². The molecule has 2 unspecified atom stereocenters. The number of hydrogen-bond donors (Lipinski definition) is 4. The lowest BCUT2D eigenvalue weighted by molar-refractivity contribution is -0.141. The highest BCUT2D eigenvalue weighted by Crippen LogP contribution is 2.47. The molecule has 0 saturated carbocycles. The Morgan fingerprint density at radius 1 is 0.692 bits per heavy atom. The number of carboxylic acids is 4. The molecule has 4 N–H and O–H groups in total. The smallest absolute Gasteiger partial charge is 0.364 e. The highest BCUT2D eigenvalue weighted by Gasteiger charge is 2.27. The first-order valence-electron chi connectivity index (χ1n) is 12.5. The molecule has 0 aliphatic carbocycles. The largest absolute Gasteiger partial charge is 0.480 e. The Hall–Kier alpha value is -2.16. The number of nitrogens with zero attached hydrogens (tertiary/aromatic N) is 4. The normalized spacial score (nSPS) is 19.8. The summed E-state index contributed by atoms with van der Waals surface area (Å²) in [6, 6.07) is 0. The van der Waals surface area contributed by atoms with Gasteiger partial charge >= 0.3 is 31.6 Å². The second kappa shape index (κ2) is 17.5. The van der Waals surface area contributed by atoms with Gasteiger partial charge in [0.05, 0.1) is 32.3 Å². The zero-order valence-electron chi connectivity index (χ0n) is 23.4. The molecule has 0 aromatic carbocycles. The quantitative estimate of drug-likeness (QED) is 0.263. The predicted octanol–water partition coefficient (Wildman–Crippen LogP) is 0.776. The molecule has 1 rings (SSSR count). The van der Waals surface area contributed by atoms with Crippen LogP contribution in [-0.2, 0) is 28.3 Å². The maximum atomic E-state index is 12.5. The van der Waals surface area contributed by atoms with Gasteiger partial charge in [-0.1, -0.05) is 20.8 Å². The van der Waals surface area contributed by atoms with Crippen molar-refractivity contribution in [2.45, 2.75) is 33.8 Å². The standard InChI is InChI=1S/C16H28N4O8.C7H16FO2P/c21-13(22)9-17-1-2-18(10-14(23)24)5-6-20(12-16(27)28)8-7-19(4-3-17)11-15(25)26;1-6(7(2,3)4)10-11(5,8)9/h1-12H2,(H,21,22)(H,23,24)(H,25,26)(H,27,28);6H,1-5H3. The molecule has 16 heteroatoms. The van der Waals surface area contributed by atoms with E-state index in [-0.39, 0.29) is 37.7 Å². The summed E-state index contributed by atoms with van der Waals surface area (Å²) >= 11 is 0. The molecule has 0 aromatic heterocycles. The lowest BCUT2D eigenvalue weighted by atomic mass is 9.91. The van der Waals surface area contributed by atoms with E-state index in [1.807, 2.05) is 20.8 Å². The molecule has 1 saturated heterocycles. The second-order valence-corrected chi connectivity index (χ2v) is 12.2. The molecule has 14 nitrogen and oxygen atoms in total. The van der Waals surface area contributed by atoms with Crippen molar-refractivity contribution in [2.75, 3.05) is 85.2 Å². The molecule has 0 radical (unpaired) electrons. The number of halogens is 1. The van der Waals surface area contributed by atoms with Crippen LogP contribution in [0.4, 0.5) is 4.20 Å². The SMILES string of the molecule is CC(OP(C)(=O)F)C(C)(C)C.O=C(O)CN1CCN(CC(=O)O)CCN(CC(=O)O)CCN(CC(=O)O)CC1. The van der Waals surface area contributed by atoms with Gasteiger partial charge in [-0.3, -0.25) is 43.3 Å². The summed E-state index contributed by atoms with van der Waals surface area (Å²) in [7, 11) is -3.82. The fourth-order valence-electron chi connectivity index (χ4n) is 3.42. The second-order valence-electron chi connectivity index (χ2n) is 10.5. The van der Waals surface area contributed by atoms with Gasteiger partial charge in [-0.25, -0.2) is 0 Å². The van der Waals surface area contributed by atoms with Crippen LogP contribution >= 0.6 is 7.68 Å².